The van der Waals surface area contributed by atoms with E-state index in [1.807, 2.05) is 55.5 Å². The number of aromatic hydroxyl groups is 2. The fourth-order valence-electron chi connectivity index (χ4n) is 3.09. The zero-order chi connectivity index (χ0) is 22.7. The molecule has 1 aromatic heterocycles. The molecule has 0 spiro atoms. The van der Waals surface area contributed by atoms with Gasteiger partial charge in [-0.05, 0) is 64.8 Å². The predicted octanol–water partition coefficient (Wildman–Crippen LogP) is 6.18. The van der Waals surface area contributed by atoms with Crippen LogP contribution in [0.1, 0.15) is 16.8 Å². The van der Waals surface area contributed by atoms with Gasteiger partial charge < -0.3 is 10.2 Å². The summed E-state index contributed by atoms with van der Waals surface area (Å²) in [5, 5.41) is 24.7. The van der Waals surface area contributed by atoms with E-state index in [0.29, 0.717) is 17.1 Å². The van der Waals surface area contributed by atoms with Crippen LogP contribution in [0.5, 0.6) is 11.5 Å². The highest BCUT2D eigenvalue weighted by Crippen LogP contribution is 2.33. The van der Waals surface area contributed by atoms with E-state index in [0.717, 1.165) is 31.1 Å². The number of rotatable bonds is 4. The minimum Gasteiger partial charge on any atom is -0.508 e. The highest BCUT2D eigenvalue weighted by atomic mass is 79.9. The number of halogens is 2. The lowest BCUT2D eigenvalue weighted by Gasteiger charge is -2.10. The summed E-state index contributed by atoms with van der Waals surface area (Å²) in [6.07, 6.45) is 1.45. The maximum Gasteiger partial charge on any atom is 0.173 e. The first-order chi connectivity index (χ1) is 15.4. The molecule has 0 bridgehead atoms. The fourth-order valence-corrected chi connectivity index (χ4v) is 4.62. The minimum absolute atomic E-state index is 0.0224. The first-order valence-electron chi connectivity index (χ1n) is 9.62. The quantitative estimate of drug-likeness (QED) is 0.160. The Balaban J connectivity index is 1.76. The number of hydrogen-bond donors (Lipinski definition) is 3. The third-order valence-electron chi connectivity index (χ3n) is 4.67. The molecular formula is C24H18Br2N4O2. The number of pyridine rings is 1. The van der Waals surface area contributed by atoms with Crippen molar-refractivity contribution in [3.05, 3.63) is 92.5 Å². The Morgan fingerprint density at radius 3 is 2.59 bits per heavy atom. The number of aryl methyl sites for hydroxylation is 1. The van der Waals surface area contributed by atoms with Crippen molar-refractivity contribution in [3.63, 3.8) is 0 Å². The number of nitrogens with zero attached hydrogens (tertiary/aromatic N) is 3. The monoisotopic (exact) mass is 552 g/mol. The number of para-hydroxylation sites is 1. The molecule has 0 unspecified atom stereocenters. The topological polar surface area (TPSA) is 90.1 Å². The van der Waals surface area contributed by atoms with Crippen molar-refractivity contribution in [2.24, 2.45) is 10.1 Å². The van der Waals surface area contributed by atoms with Gasteiger partial charge in [0, 0.05) is 26.0 Å². The van der Waals surface area contributed by atoms with Gasteiger partial charge in [0.2, 0.25) is 0 Å². The SMILES string of the molecule is Cc1cc(Br)cc(Br)c1N=C(N/N=C/c1ccc(O)cc1O)c1ccc2ccccc2n1. The van der Waals surface area contributed by atoms with Crippen LogP contribution in [-0.2, 0) is 0 Å². The normalized spacial score (nSPS) is 11.9. The van der Waals surface area contributed by atoms with E-state index < -0.39 is 0 Å². The highest BCUT2D eigenvalue weighted by Gasteiger charge is 2.11. The number of hydrogen-bond acceptors (Lipinski definition) is 5. The molecule has 0 amide bonds. The maximum absolute atomic E-state index is 9.99. The van der Waals surface area contributed by atoms with Crippen LogP contribution in [0.3, 0.4) is 0 Å². The summed E-state index contributed by atoms with van der Waals surface area (Å²) in [5.74, 6) is 0.339. The zero-order valence-electron chi connectivity index (χ0n) is 16.9. The minimum atomic E-state index is -0.0793. The van der Waals surface area contributed by atoms with Gasteiger partial charge in [-0.3, -0.25) is 5.43 Å². The maximum atomic E-state index is 9.99. The summed E-state index contributed by atoms with van der Waals surface area (Å²) in [7, 11) is 0. The van der Waals surface area contributed by atoms with Gasteiger partial charge in [0.15, 0.2) is 5.84 Å². The second-order valence-corrected chi connectivity index (χ2v) is 8.79. The van der Waals surface area contributed by atoms with Crippen molar-refractivity contribution in [2.75, 3.05) is 0 Å². The van der Waals surface area contributed by atoms with Crippen molar-refractivity contribution in [3.8, 4) is 11.5 Å². The lowest BCUT2D eigenvalue weighted by Crippen LogP contribution is -2.20. The third-order valence-corrected chi connectivity index (χ3v) is 5.73. The van der Waals surface area contributed by atoms with Gasteiger partial charge >= 0.3 is 0 Å². The van der Waals surface area contributed by atoms with Crippen LogP contribution >= 0.6 is 31.9 Å². The smallest absolute Gasteiger partial charge is 0.173 e. The molecule has 0 saturated carbocycles. The number of benzene rings is 3. The Morgan fingerprint density at radius 1 is 1.00 bits per heavy atom. The Hall–Kier alpha value is -3.23. The lowest BCUT2D eigenvalue weighted by atomic mass is 10.2. The van der Waals surface area contributed by atoms with Crippen molar-refractivity contribution < 1.29 is 10.2 Å². The van der Waals surface area contributed by atoms with E-state index in [1.165, 1.54) is 18.3 Å². The van der Waals surface area contributed by atoms with Crippen molar-refractivity contribution in [2.45, 2.75) is 6.92 Å². The van der Waals surface area contributed by atoms with Crippen molar-refractivity contribution >= 4 is 60.5 Å². The van der Waals surface area contributed by atoms with Crippen LogP contribution in [0.25, 0.3) is 10.9 Å². The molecular weight excluding hydrogens is 536 g/mol. The molecule has 160 valence electrons. The number of aliphatic imine (C=N–C) groups is 1. The molecule has 6 nitrogen and oxygen atoms in total. The largest absolute Gasteiger partial charge is 0.508 e. The molecule has 3 aromatic carbocycles. The van der Waals surface area contributed by atoms with Gasteiger partial charge in [-0.2, -0.15) is 5.10 Å². The van der Waals surface area contributed by atoms with E-state index in [4.69, 9.17) is 9.98 Å². The number of phenolic OH excluding ortho intramolecular Hbond substituents is 2. The molecule has 32 heavy (non-hydrogen) atoms. The lowest BCUT2D eigenvalue weighted by molar-refractivity contribution is 0.450. The molecule has 0 fully saturated rings. The Labute approximate surface area is 201 Å². The van der Waals surface area contributed by atoms with E-state index in [1.54, 1.807) is 6.07 Å². The number of phenols is 2. The molecule has 0 aliphatic rings. The number of aromatic nitrogens is 1. The third kappa shape index (κ3) is 4.98. The van der Waals surface area contributed by atoms with Crippen LogP contribution in [0.15, 0.2) is 85.8 Å². The summed E-state index contributed by atoms with van der Waals surface area (Å²) >= 11 is 7.07. The molecule has 4 aromatic rings. The van der Waals surface area contributed by atoms with Gasteiger partial charge in [-0.25, -0.2) is 9.98 Å². The molecule has 3 N–H and O–H groups in total. The number of amidine groups is 1. The second kappa shape index (κ2) is 9.50. The van der Waals surface area contributed by atoms with Crippen LogP contribution in [-0.4, -0.2) is 27.2 Å². The van der Waals surface area contributed by atoms with Crippen LogP contribution in [0.4, 0.5) is 5.69 Å². The summed E-state index contributed by atoms with van der Waals surface area (Å²) in [6.45, 7) is 1.97. The van der Waals surface area contributed by atoms with Gasteiger partial charge in [0.05, 0.1) is 17.4 Å². The fraction of sp³-hybridized carbons (Fsp3) is 0.0417. The average molecular weight is 554 g/mol. The summed E-state index contributed by atoms with van der Waals surface area (Å²) < 4.78 is 1.77. The molecule has 4 rings (SSSR count). The van der Waals surface area contributed by atoms with Gasteiger partial charge in [0.25, 0.3) is 0 Å². The van der Waals surface area contributed by atoms with E-state index >= 15 is 0 Å². The molecule has 0 saturated heterocycles. The molecule has 0 radical (unpaired) electrons. The standard InChI is InChI=1S/C24H18Br2N4O2/c1-14-10-17(25)11-19(26)23(14)29-24(21-9-7-15-4-2-3-5-20(15)28-21)30-27-13-16-6-8-18(31)12-22(16)32/h2-13,31-32H,1H3,(H,29,30)/b27-13+. The van der Waals surface area contributed by atoms with Gasteiger partial charge in [0.1, 0.15) is 17.2 Å². The van der Waals surface area contributed by atoms with Crippen LogP contribution < -0.4 is 5.43 Å². The first-order valence-corrected chi connectivity index (χ1v) is 11.2. The highest BCUT2D eigenvalue weighted by molar-refractivity contribution is 9.11. The molecule has 1 heterocycles. The summed E-state index contributed by atoms with van der Waals surface area (Å²) in [6, 6.07) is 19.9. The average Bonchev–Trinajstić information content (AvgIpc) is 2.76. The number of nitrogens with one attached hydrogen (secondary N) is 1. The van der Waals surface area contributed by atoms with Crippen LogP contribution in [0, 0.1) is 6.92 Å². The number of fused-ring (bicyclic) bond motifs is 1. The van der Waals surface area contributed by atoms with Crippen molar-refractivity contribution in [1.29, 1.82) is 0 Å². The second-order valence-electron chi connectivity index (χ2n) is 7.02. The Morgan fingerprint density at radius 2 is 1.81 bits per heavy atom. The Kier molecular flexibility index (Phi) is 6.53. The molecule has 0 atom stereocenters. The number of hydrazone groups is 1. The zero-order valence-corrected chi connectivity index (χ0v) is 20.1. The Bertz CT molecular complexity index is 1350. The van der Waals surface area contributed by atoms with Gasteiger partial charge in [-0.1, -0.05) is 40.2 Å². The summed E-state index contributed by atoms with van der Waals surface area (Å²) in [4.78, 5) is 9.53. The summed E-state index contributed by atoms with van der Waals surface area (Å²) in [5.41, 5.74) is 6.57. The predicted molar refractivity (Wildman–Crippen MR) is 135 cm³/mol. The first kappa shape index (κ1) is 22.0. The van der Waals surface area contributed by atoms with Gasteiger partial charge in [-0.15, -0.1) is 0 Å². The molecule has 8 heteroatoms. The van der Waals surface area contributed by atoms with E-state index in [9.17, 15) is 10.2 Å². The molecule has 0 aliphatic heterocycles. The molecule has 0 aliphatic carbocycles. The van der Waals surface area contributed by atoms with Crippen LogP contribution in [0.2, 0.25) is 0 Å². The van der Waals surface area contributed by atoms with Crippen molar-refractivity contribution in [1.82, 2.24) is 10.4 Å². The van der Waals surface area contributed by atoms with E-state index in [2.05, 4.69) is 42.4 Å². The van der Waals surface area contributed by atoms with E-state index in [-0.39, 0.29) is 11.5 Å².